The summed E-state index contributed by atoms with van der Waals surface area (Å²) in [6.45, 7) is 4.81. The highest BCUT2D eigenvalue weighted by Crippen LogP contribution is 2.32. The number of rotatable bonds is 8. The predicted octanol–water partition coefficient (Wildman–Crippen LogP) is 5.18. The number of amides is 1. The lowest BCUT2D eigenvalue weighted by Crippen LogP contribution is -2.22. The number of aromatic nitrogens is 2. The summed E-state index contributed by atoms with van der Waals surface area (Å²) in [6, 6.07) is 5.09. The molecule has 9 heteroatoms. The van der Waals surface area contributed by atoms with Gasteiger partial charge in [-0.25, -0.2) is 0 Å². The van der Waals surface area contributed by atoms with Crippen LogP contribution >= 0.6 is 46.3 Å². The molecule has 5 nitrogen and oxygen atoms in total. The Morgan fingerprint density at radius 3 is 2.71 bits per heavy atom. The fourth-order valence-corrected chi connectivity index (χ4v) is 4.16. The van der Waals surface area contributed by atoms with Crippen LogP contribution in [0.25, 0.3) is 0 Å². The van der Waals surface area contributed by atoms with Gasteiger partial charge >= 0.3 is 0 Å². The van der Waals surface area contributed by atoms with E-state index in [4.69, 9.17) is 23.2 Å². The summed E-state index contributed by atoms with van der Waals surface area (Å²) < 4.78 is 0.738. The van der Waals surface area contributed by atoms with Gasteiger partial charge in [-0.1, -0.05) is 65.7 Å². The molecule has 0 radical (unpaired) electrons. The molecule has 1 aromatic carbocycles. The maximum Gasteiger partial charge on any atom is 0.237 e. The van der Waals surface area contributed by atoms with E-state index in [-0.39, 0.29) is 11.2 Å². The molecule has 2 rings (SSSR count). The average Bonchev–Trinajstić information content (AvgIpc) is 2.98. The number of hydrogen-bond donors (Lipinski definition) is 2. The molecular formula is C15H18Cl2N4OS2. The number of thioether (sulfide) groups is 1. The highest BCUT2D eigenvalue weighted by Gasteiger charge is 2.19. The van der Waals surface area contributed by atoms with E-state index < -0.39 is 0 Å². The summed E-state index contributed by atoms with van der Waals surface area (Å²) in [5.41, 5.74) is 0.428. The van der Waals surface area contributed by atoms with Crippen molar-refractivity contribution in [3.8, 4) is 0 Å². The van der Waals surface area contributed by atoms with Gasteiger partial charge in [0.05, 0.1) is 21.0 Å². The van der Waals surface area contributed by atoms with Gasteiger partial charge in [-0.3, -0.25) is 4.79 Å². The molecule has 1 atom stereocenters. The monoisotopic (exact) mass is 404 g/mol. The van der Waals surface area contributed by atoms with Crippen LogP contribution in [0.2, 0.25) is 10.0 Å². The molecule has 24 heavy (non-hydrogen) atoms. The van der Waals surface area contributed by atoms with E-state index in [9.17, 15) is 4.79 Å². The molecule has 0 aliphatic heterocycles. The van der Waals surface area contributed by atoms with Gasteiger partial charge < -0.3 is 10.6 Å². The number of anilines is 2. The lowest BCUT2D eigenvalue weighted by Gasteiger charge is -2.12. The van der Waals surface area contributed by atoms with E-state index >= 15 is 0 Å². The van der Waals surface area contributed by atoms with Crippen LogP contribution in [0.15, 0.2) is 22.5 Å². The number of benzene rings is 1. The van der Waals surface area contributed by atoms with E-state index in [1.807, 2.05) is 0 Å². The number of unbranched alkanes of at least 4 members (excludes halogenated alkanes) is 1. The van der Waals surface area contributed by atoms with Crippen molar-refractivity contribution < 1.29 is 4.79 Å². The predicted molar refractivity (Wildman–Crippen MR) is 104 cm³/mol. The van der Waals surface area contributed by atoms with Crippen LogP contribution in [-0.2, 0) is 4.79 Å². The van der Waals surface area contributed by atoms with E-state index in [0.29, 0.717) is 15.7 Å². The molecule has 1 amide bonds. The summed E-state index contributed by atoms with van der Waals surface area (Å²) in [4.78, 5) is 12.3. The molecule has 0 bridgehead atoms. The largest absolute Gasteiger partial charge is 0.360 e. The molecule has 2 aromatic rings. The number of halogens is 2. The molecule has 0 unspecified atom stereocenters. The molecular weight excluding hydrogens is 387 g/mol. The fourth-order valence-electron chi connectivity index (χ4n) is 1.75. The Balaban J connectivity index is 1.92. The van der Waals surface area contributed by atoms with Crippen molar-refractivity contribution in [2.75, 3.05) is 17.2 Å². The van der Waals surface area contributed by atoms with Gasteiger partial charge in [-0.2, -0.15) is 0 Å². The summed E-state index contributed by atoms with van der Waals surface area (Å²) in [5.74, 6) is -0.189. The van der Waals surface area contributed by atoms with Gasteiger partial charge in [0.15, 0.2) is 4.34 Å². The first kappa shape index (κ1) is 19.3. The van der Waals surface area contributed by atoms with E-state index in [0.717, 1.165) is 28.9 Å². The van der Waals surface area contributed by atoms with Crippen LogP contribution in [-0.4, -0.2) is 27.9 Å². The summed E-state index contributed by atoms with van der Waals surface area (Å²) in [5, 5.41) is 15.4. The Kier molecular flexibility index (Phi) is 7.61. The zero-order valence-electron chi connectivity index (χ0n) is 13.3. The number of nitrogens with one attached hydrogen (secondary N) is 2. The van der Waals surface area contributed by atoms with Crippen LogP contribution < -0.4 is 10.6 Å². The van der Waals surface area contributed by atoms with Crippen LogP contribution in [0.3, 0.4) is 0 Å². The quantitative estimate of drug-likeness (QED) is 0.468. The molecule has 130 valence electrons. The zero-order chi connectivity index (χ0) is 17.5. The molecule has 1 aromatic heterocycles. The number of nitrogens with zero attached hydrogens (tertiary/aromatic N) is 2. The maximum absolute atomic E-state index is 12.3. The van der Waals surface area contributed by atoms with Gasteiger partial charge in [0.2, 0.25) is 11.0 Å². The third kappa shape index (κ3) is 5.51. The first-order valence-corrected chi connectivity index (χ1v) is 9.95. The minimum absolute atomic E-state index is 0.189. The van der Waals surface area contributed by atoms with Crippen molar-refractivity contribution in [1.82, 2.24) is 10.2 Å². The van der Waals surface area contributed by atoms with E-state index in [1.165, 1.54) is 23.1 Å². The number of hydrogen-bond acceptors (Lipinski definition) is 6. The fraction of sp³-hybridized carbons (Fsp3) is 0.400. The summed E-state index contributed by atoms with van der Waals surface area (Å²) in [6.07, 6.45) is 2.20. The molecule has 0 saturated carbocycles. The zero-order valence-corrected chi connectivity index (χ0v) is 16.5. The minimum Gasteiger partial charge on any atom is -0.360 e. The van der Waals surface area contributed by atoms with E-state index in [1.54, 1.807) is 25.1 Å². The molecule has 0 spiro atoms. The highest BCUT2D eigenvalue weighted by molar-refractivity contribution is 8.02. The molecule has 1 heterocycles. The molecule has 0 aliphatic rings. The average molecular weight is 405 g/mol. The van der Waals surface area contributed by atoms with E-state index in [2.05, 4.69) is 27.8 Å². The molecule has 0 fully saturated rings. The summed E-state index contributed by atoms with van der Waals surface area (Å²) >= 11 is 14.9. The third-order valence-corrected chi connectivity index (χ3v) is 5.77. The van der Waals surface area contributed by atoms with Crippen molar-refractivity contribution in [3.05, 3.63) is 28.2 Å². The third-order valence-electron chi connectivity index (χ3n) is 3.07. The van der Waals surface area contributed by atoms with Gasteiger partial charge in [-0.05, 0) is 25.5 Å². The van der Waals surface area contributed by atoms with Crippen molar-refractivity contribution in [2.24, 2.45) is 0 Å². The second-order valence-electron chi connectivity index (χ2n) is 5.00. The number of para-hydroxylation sites is 1. The van der Waals surface area contributed by atoms with Crippen molar-refractivity contribution in [1.29, 1.82) is 0 Å². The molecule has 2 N–H and O–H groups in total. The van der Waals surface area contributed by atoms with Gasteiger partial charge in [0.1, 0.15) is 0 Å². The smallest absolute Gasteiger partial charge is 0.237 e. The minimum atomic E-state index is -0.353. The highest BCUT2D eigenvalue weighted by atomic mass is 35.5. The van der Waals surface area contributed by atoms with Crippen molar-refractivity contribution >= 4 is 63.0 Å². The lowest BCUT2D eigenvalue weighted by atomic mass is 10.3. The SMILES string of the molecule is CCCCNc1nnc(S[C@H](C)C(=O)Nc2c(Cl)cccc2Cl)s1. The first-order chi connectivity index (χ1) is 11.5. The first-order valence-electron chi connectivity index (χ1n) is 7.50. The van der Waals surface area contributed by atoms with Crippen LogP contribution in [0.5, 0.6) is 0 Å². The second kappa shape index (κ2) is 9.46. The molecule has 0 aliphatic carbocycles. The van der Waals surface area contributed by atoms with Gasteiger partial charge in [-0.15, -0.1) is 10.2 Å². The summed E-state index contributed by atoms with van der Waals surface area (Å²) in [7, 11) is 0. The topological polar surface area (TPSA) is 66.9 Å². The Morgan fingerprint density at radius 1 is 1.33 bits per heavy atom. The Bertz CT molecular complexity index is 676. The maximum atomic E-state index is 12.3. The van der Waals surface area contributed by atoms with Crippen LogP contribution in [0.4, 0.5) is 10.8 Å². The van der Waals surface area contributed by atoms with Crippen LogP contribution in [0.1, 0.15) is 26.7 Å². The normalized spacial score (nSPS) is 12.0. The van der Waals surface area contributed by atoms with Crippen LogP contribution in [0, 0.1) is 0 Å². The van der Waals surface area contributed by atoms with Crippen molar-refractivity contribution in [3.63, 3.8) is 0 Å². The lowest BCUT2D eigenvalue weighted by molar-refractivity contribution is -0.115. The van der Waals surface area contributed by atoms with Gasteiger partial charge in [0.25, 0.3) is 0 Å². The Hall–Kier alpha value is -1.02. The Morgan fingerprint density at radius 2 is 2.04 bits per heavy atom. The standard InChI is InChI=1S/C15H18Cl2N4OS2/c1-3-4-8-18-14-20-21-15(24-14)23-9(2)13(22)19-12-10(16)6-5-7-11(12)17/h5-7,9H,3-4,8H2,1-2H3,(H,18,20)(H,19,22)/t9-/m1/s1. The number of carbonyl (C=O) groups is 1. The van der Waals surface area contributed by atoms with Crippen molar-refractivity contribution in [2.45, 2.75) is 36.3 Å². The number of carbonyl (C=O) groups excluding carboxylic acids is 1. The Labute approximate surface area is 159 Å². The second-order valence-corrected chi connectivity index (χ2v) is 8.38. The molecule has 0 saturated heterocycles. The van der Waals surface area contributed by atoms with Gasteiger partial charge in [0, 0.05) is 6.54 Å².